The molecule has 0 nitrogen and oxygen atoms in total. The number of hydrogen-bond donors (Lipinski definition) is 1. The maximum atomic E-state index is 4.62. The van der Waals surface area contributed by atoms with Gasteiger partial charge in [-0.25, -0.2) is 0 Å². The second-order valence-corrected chi connectivity index (χ2v) is 4.83. The average molecular weight is 238 g/mol. The highest BCUT2D eigenvalue weighted by Crippen LogP contribution is 2.36. The molecule has 0 unspecified atom stereocenters. The summed E-state index contributed by atoms with van der Waals surface area (Å²) in [5.41, 5.74) is 5.40. The van der Waals surface area contributed by atoms with Crippen molar-refractivity contribution in [3.63, 3.8) is 0 Å². The van der Waals surface area contributed by atoms with E-state index in [0.29, 0.717) is 0 Å². The first kappa shape index (κ1) is 10.7. The Morgan fingerprint density at radius 3 is 2.24 bits per heavy atom. The van der Waals surface area contributed by atoms with Gasteiger partial charge in [0.25, 0.3) is 0 Å². The Bertz CT molecular complexity index is 571. The highest BCUT2D eigenvalue weighted by atomic mass is 32.1. The zero-order valence-corrected chi connectivity index (χ0v) is 10.5. The molecule has 0 spiro atoms. The third-order valence-corrected chi connectivity index (χ3v) is 3.62. The Hall–Kier alpha value is -1.47. The van der Waals surface area contributed by atoms with Crippen LogP contribution in [0, 0.1) is 0 Å². The molecule has 2 aliphatic carbocycles. The maximum Gasteiger partial charge on any atom is 0.0122 e. The minimum atomic E-state index is 1.02. The molecular formula is C16H14S. The van der Waals surface area contributed by atoms with E-state index in [1.165, 1.54) is 22.3 Å². The van der Waals surface area contributed by atoms with Gasteiger partial charge in [0, 0.05) is 4.90 Å². The largest absolute Gasteiger partial charge is 0.143 e. The van der Waals surface area contributed by atoms with Gasteiger partial charge in [-0.3, -0.25) is 0 Å². The van der Waals surface area contributed by atoms with Crippen LogP contribution in [0.15, 0.2) is 59.6 Å². The summed E-state index contributed by atoms with van der Waals surface area (Å²) in [7, 11) is 0. The normalized spacial score (nSPS) is 17.5. The van der Waals surface area contributed by atoms with Crippen molar-refractivity contribution in [2.24, 2.45) is 0 Å². The van der Waals surface area contributed by atoms with Gasteiger partial charge in [0.05, 0.1) is 0 Å². The van der Waals surface area contributed by atoms with Gasteiger partial charge in [0.1, 0.15) is 0 Å². The van der Waals surface area contributed by atoms with E-state index in [4.69, 9.17) is 0 Å². The lowest BCUT2D eigenvalue weighted by Crippen LogP contribution is -1.93. The highest BCUT2D eigenvalue weighted by Gasteiger charge is 2.15. The van der Waals surface area contributed by atoms with E-state index in [9.17, 15) is 0 Å². The predicted octanol–water partition coefficient (Wildman–Crippen LogP) is 4.66. The molecule has 0 N–H and O–H groups in total. The molecule has 0 fully saturated rings. The van der Waals surface area contributed by atoms with Crippen LogP contribution in [0.2, 0.25) is 0 Å². The zero-order valence-electron chi connectivity index (χ0n) is 9.56. The van der Waals surface area contributed by atoms with E-state index in [1.54, 1.807) is 0 Å². The van der Waals surface area contributed by atoms with E-state index in [0.717, 1.165) is 17.7 Å². The van der Waals surface area contributed by atoms with Crippen molar-refractivity contribution in [2.75, 3.05) is 0 Å². The zero-order chi connectivity index (χ0) is 11.7. The first-order valence-corrected chi connectivity index (χ1v) is 6.35. The first-order chi connectivity index (χ1) is 8.36. The summed E-state index contributed by atoms with van der Waals surface area (Å²) in [5, 5.41) is 0. The van der Waals surface area contributed by atoms with Crippen LogP contribution in [0.25, 0.3) is 11.1 Å². The molecule has 1 aromatic rings. The Morgan fingerprint density at radius 1 is 0.882 bits per heavy atom. The predicted molar refractivity (Wildman–Crippen MR) is 77.2 cm³/mol. The van der Waals surface area contributed by atoms with Gasteiger partial charge in [-0.15, -0.1) is 12.6 Å². The summed E-state index contributed by atoms with van der Waals surface area (Å²) < 4.78 is 0. The van der Waals surface area contributed by atoms with Crippen molar-refractivity contribution in [3.05, 3.63) is 65.8 Å². The van der Waals surface area contributed by atoms with E-state index in [-0.39, 0.29) is 0 Å². The molecule has 1 aromatic carbocycles. The summed E-state index contributed by atoms with van der Waals surface area (Å²) in [6, 6.07) is 6.36. The van der Waals surface area contributed by atoms with E-state index in [2.05, 4.69) is 67.3 Å². The molecule has 0 aromatic heterocycles. The molecule has 3 rings (SSSR count). The van der Waals surface area contributed by atoms with Crippen LogP contribution in [-0.2, 0) is 0 Å². The third kappa shape index (κ3) is 1.91. The van der Waals surface area contributed by atoms with Crippen LogP contribution >= 0.6 is 12.6 Å². The quantitative estimate of drug-likeness (QED) is 0.712. The molecule has 0 bridgehead atoms. The van der Waals surface area contributed by atoms with Crippen LogP contribution < -0.4 is 0 Å². The second kappa shape index (κ2) is 4.42. The molecule has 17 heavy (non-hydrogen) atoms. The fraction of sp³-hybridized carbons (Fsp3) is 0.125. The molecule has 0 atom stereocenters. The number of hydrogen-bond acceptors (Lipinski definition) is 1. The van der Waals surface area contributed by atoms with E-state index in [1.807, 2.05) is 0 Å². The first-order valence-electron chi connectivity index (χ1n) is 5.90. The molecular weight excluding hydrogens is 224 g/mol. The SMILES string of the molecule is Sc1cccc(C2=CC=CC2)c1C1=CC=CC1. The summed E-state index contributed by atoms with van der Waals surface area (Å²) in [4.78, 5) is 1.07. The highest BCUT2D eigenvalue weighted by molar-refractivity contribution is 7.80. The second-order valence-electron chi connectivity index (χ2n) is 4.35. The molecule has 2 aliphatic rings. The van der Waals surface area contributed by atoms with Gasteiger partial charge < -0.3 is 0 Å². The Kier molecular flexibility index (Phi) is 2.77. The average Bonchev–Trinajstić information content (AvgIpc) is 3.02. The Balaban J connectivity index is 2.12. The standard InChI is InChI=1S/C16H14S/c17-15-11-5-10-14(12-6-1-2-7-12)16(15)13-8-3-4-9-13/h1-6,8,10-11,17H,7,9H2. The van der Waals surface area contributed by atoms with Gasteiger partial charge in [-0.2, -0.15) is 0 Å². The smallest absolute Gasteiger partial charge is 0.0122 e. The van der Waals surface area contributed by atoms with Crippen LogP contribution in [0.4, 0.5) is 0 Å². The van der Waals surface area contributed by atoms with Gasteiger partial charge in [0.15, 0.2) is 0 Å². The molecule has 0 aliphatic heterocycles. The van der Waals surface area contributed by atoms with Crippen LogP contribution in [0.1, 0.15) is 24.0 Å². The number of thiol groups is 1. The van der Waals surface area contributed by atoms with Crippen molar-refractivity contribution in [1.82, 2.24) is 0 Å². The minimum absolute atomic E-state index is 1.02. The molecule has 0 amide bonds. The molecule has 84 valence electrons. The lowest BCUT2D eigenvalue weighted by Gasteiger charge is -2.14. The van der Waals surface area contributed by atoms with Crippen molar-refractivity contribution >= 4 is 23.8 Å². The monoisotopic (exact) mass is 238 g/mol. The summed E-state index contributed by atoms with van der Waals surface area (Å²) in [5.74, 6) is 0. The Morgan fingerprint density at radius 2 is 1.59 bits per heavy atom. The summed E-state index contributed by atoms with van der Waals surface area (Å²) in [6.07, 6.45) is 15.1. The molecule has 0 saturated heterocycles. The third-order valence-electron chi connectivity index (χ3n) is 3.25. The van der Waals surface area contributed by atoms with Crippen molar-refractivity contribution in [1.29, 1.82) is 0 Å². The van der Waals surface area contributed by atoms with Gasteiger partial charge >= 0.3 is 0 Å². The number of allylic oxidation sites excluding steroid dienone is 8. The molecule has 1 heteroatoms. The lowest BCUT2D eigenvalue weighted by atomic mass is 9.93. The van der Waals surface area contributed by atoms with Crippen molar-refractivity contribution in [2.45, 2.75) is 17.7 Å². The lowest BCUT2D eigenvalue weighted by molar-refractivity contribution is 1.30. The Labute approximate surface area is 107 Å². The number of rotatable bonds is 2. The van der Waals surface area contributed by atoms with Crippen molar-refractivity contribution < 1.29 is 0 Å². The fourth-order valence-corrected chi connectivity index (χ4v) is 2.77. The molecule has 0 heterocycles. The van der Waals surface area contributed by atoms with Crippen LogP contribution in [0.5, 0.6) is 0 Å². The molecule has 0 saturated carbocycles. The number of benzene rings is 1. The van der Waals surface area contributed by atoms with Crippen molar-refractivity contribution in [3.8, 4) is 0 Å². The maximum absolute atomic E-state index is 4.62. The van der Waals surface area contributed by atoms with E-state index >= 15 is 0 Å². The van der Waals surface area contributed by atoms with Gasteiger partial charge in [-0.05, 0) is 41.2 Å². The molecule has 0 radical (unpaired) electrons. The van der Waals surface area contributed by atoms with Gasteiger partial charge in [0.2, 0.25) is 0 Å². The minimum Gasteiger partial charge on any atom is -0.143 e. The topological polar surface area (TPSA) is 0 Å². The van der Waals surface area contributed by atoms with Crippen LogP contribution in [-0.4, -0.2) is 0 Å². The van der Waals surface area contributed by atoms with Gasteiger partial charge in [-0.1, -0.05) is 48.6 Å². The summed E-state index contributed by atoms with van der Waals surface area (Å²) in [6.45, 7) is 0. The van der Waals surface area contributed by atoms with Crippen LogP contribution in [0.3, 0.4) is 0 Å². The van der Waals surface area contributed by atoms with E-state index < -0.39 is 0 Å². The fourth-order valence-electron chi connectivity index (χ4n) is 2.42. The summed E-state index contributed by atoms with van der Waals surface area (Å²) >= 11 is 4.62.